The fourth-order valence-electron chi connectivity index (χ4n) is 8.58. The van der Waals surface area contributed by atoms with Crippen LogP contribution in [0.15, 0.2) is 223 Å². The van der Waals surface area contributed by atoms with Crippen LogP contribution in [0, 0.1) is 0 Å². The summed E-state index contributed by atoms with van der Waals surface area (Å²) in [6, 6.07) is 42.9. The van der Waals surface area contributed by atoms with Crippen LogP contribution in [0.4, 0.5) is 17.1 Å². The standard InChI is InChI=1S/C56H36N2O/c1-2-18-41(19-3-1)58-50-26-9-8-23-48(50)54-46(25-12-27-51(54)58)40-17-10-20-43(36-40)57(42-33-30-39(31-34-42)45-24-11-16-37-14-4-6-21-44(37)45)52-28-13-29-53-55(52)49-35-32-38-15-5-7-22-47(38)56(49)59-53/h1-36H/i4D,6D,11D,14D,16D,21D,24D,30D,31D,33D,34D. The molecule has 0 fully saturated rings. The third-order valence-corrected chi connectivity index (χ3v) is 11.1. The van der Waals surface area contributed by atoms with E-state index in [2.05, 4.69) is 41.0 Å². The molecular weight excluding hydrogens is 717 g/mol. The fourth-order valence-corrected chi connectivity index (χ4v) is 8.58. The fraction of sp³-hybridized carbons (Fsp3) is 0. The van der Waals surface area contributed by atoms with Crippen LogP contribution in [-0.4, -0.2) is 4.57 Å². The molecule has 3 heteroatoms. The van der Waals surface area contributed by atoms with Gasteiger partial charge in [-0.3, -0.25) is 0 Å². The highest BCUT2D eigenvalue weighted by Crippen LogP contribution is 2.46. The van der Waals surface area contributed by atoms with Crippen LogP contribution in [-0.2, 0) is 0 Å². The largest absolute Gasteiger partial charge is 0.455 e. The highest BCUT2D eigenvalue weighted by molar-refractivity contribution is 6.20. The highest BCUT2D eigenvalue weighted by atomic mass is 16.3. The predicted octanol–water partition coefficient (Wildman–Crippen LogP) is 15.8. The van der Waals surface area contributed by atoms with E-state index in [1.54, 1.807) is 4.90 Å². The lowest BCUT2D eigenvalue weighted by Crippen LogP contribution is -2.10. The second-order valence-electron chi connectivity index (χ2n) is 14.4. The lowest BCUT2D eigenvalue weighted by atomic mass is 9.97. The van der Waals surface area contributed by atoms with Gasteiger partial charge in [0.15, 0.2) is 0 Å². The number of hydrogen-bond donors (Lipinski definition) is 0. The Morgan fingerprint density at radius 2 is 1.20 bits per heavy atom. The number of hydrogen-bond acceptors (Lipinski definition) is 2. The van der Waals surface area contributed by atoms with Crippen molar-refractivity contribution in [2.45, 2.75) is 0 Å². The normalized spacial score (nSPS) is 14.3. The molecule has 0 unspecified atom stereocenters. The molecule has 0 radical (unpaired) electrons. The number of fused-ring (bicyclic) bond motifs is 9. The maximum Gasteiger partial charge on any atom is 0.143 e. The van der Waals surface area contributed by atoms with E-state index in [-0.39, 0.29) is 16.5 Å². The Morgan fingerprint density at radius 3 is 2.12 bits per heavy atom. The van der Waals surface area contributed by atoms with Crippen molar-refractivity contribution in [2.24, 2.45) is 0 Å². The molecule has 0 aliphatic carbocycles. The molecule has 0 amide bonds. The third kappa shape index (κ3) is 5.29. The van der Waals surface area contributed by atoms with Crippen molar-refractivity contribution < 1.29 is 19.5 Å². The molecule has 0 N–H and O–H groups in total. The monoisotopic (exact) mass is 763 g/mol. The summed E-state index contributed by atoms with van der Waals surface area (Å²) in [5.41, 5.74) is 5.92. The van der Waals surface area contributed by atoms with Crippen LogP contribution in [0.25, 0.3) is 93.2 Å². The molecule has 0 atom stereocenters. The molecule has 0 saturated heterocycles. The minimum Gasteiger partial charge on any atom is -0.455 e. The summed E-state index contributed by atoms with van der Waals surface area (Å²) in [6.45, 7) is 0. The van der Waals surface area contributed by atoms with Gasteiger partial charge in [-0.25, -0.2) is 0 Å². The van der Waals surface area contributed by atoms with Gasteiger partial charge in [0.2, 0.25) is 0 Å². The van der Waals surface area contributed by atoms with Gasteiger partial charge in [0.05, 0.1) is 37.2 Å². The van der Waals surface area contributed by atoms with Crippen LogP contribution in [0.5, 0.6) is 0 Å². The summed E-state index contributed by atoms with van der Waals surface area (Å²) < 4.78 is 109. The van der Waals surface area contributed by atoms with Crippen molar-refractivity contribution in [3.63, 3.8) is 0 Å². The zero-order valence-corrected chi connectivity index (χ0v) is 31.2. The quantitative estimate of drug-likeness (QED) is 0.168. The van der Waals surface area contributed by atoms with Gasteiger partial charge in [-0.1, -0.05) is 151 Å². The van der Waals surface area contributed by atoms with Crippen LogP contribution in [0.1, 0.15) is 15.1 Å². The van der Waals surface area contributed by atoms with Crippen molar-refractivity contribution in [1.29, 1.82) is 0 Å². The van der Waals surface area contributed by atoms with Gasteiger partial charge < -0.3 is 13.9 Å². The molecule has 0 saturated carbocycles. The Kier molecular flexibility index (Phi) is 5.44. The summed E-state index contributed by atoms with van der Waals surface area (Å²) in [4.78, 5) is 1.70. The second-order valence-corrected chi connectivity index (χ2v) is 14.4. The van der Waals surface area contributed by atoms with E-state index in [0.717, 1.165) is 54.8 Å². The Balaban J connectivity index is 1.16. The highest BCUT2D eigenvalue weighted by Gasteiger charge is 2.22. The molecular formula is C56H36N2O. The minimum absolute atomic E-state index is 0.140. The molecule has 12 rings (SSSR count). The van der Waals surface area contributed by atoms with Crippen molar-refractivity contribution in [2.75, 3.05) is 4.90 Å². The van der Waals surface area contributed by atoms with Crippen LogP contribution in [0.3, 0.4) is 0 Å². The lowest BCUT2D eigenvalue weighted by Gasteiger charge is -2.27. The summed E-state index contributed by atoms with van der Waals surface area (Å²) in [7, 11) is 0. The van der Waals surface area contributed by atoms with E-state index in [1.165, 1.54) is 0 Å². The van der Waals surface area contributed by atoms with E-state index in [9.17, 15) is 5.48 Å². The van der Waals surface area contributed by atoms with Crippen LogP contribution >= 0.6 is 0 Å². The van der Waals surface area contributed by atoms with Crippen molar-refractivity contribution in [1.82, 2.24) is 4.57 Å². The van der Waals surface area contributed by atoms with E-state index < -0.39 is 77.6 Å². The van der Waals surface area contributed by atoms with Gasteiger partial charge in [0.1, 0.15) is 11.2 Å². The summed E-state index contributed by atoms with van der Waals surface area (Å²) in [5, 5.41) is 4.63. The first-order chi connectivity index (χ1) is 33.9. The summed E-state index contributed by atoms with van der Waals surface area (Å²) >= 11 is 0. The van der Waals surface area contributed by atoms with Crippen molar-refractivity contribution in [3.8, 4) is 27.9 Å². The second kappa shape index (κ2) is 13.4. The summed E-state index contributed by atoms with van der Waals surface area (Å²) in [5.74, 6) is 0. The first kappa shape index (κ1) is 24.0. The average molecular weight is 764 g/mol. The topological polar surface area (TPSA) is 21.3 Å². The zero-order valence-electron chi connectivity index (χ0n) is 42.2. The minimum atomic E-state index is -0.681. The number of nitrogens with zero attached hydrogens (tertiary/aromatic N) is 2. The van der Waals surface area contributed by atoms with Gasteiger partial charge in [0.25, 0.3) is 0 Å². The first-order valence-corrected chi connectivity index (χ1v) is 19.3. The average Bonchev–Trinajstić information content (AvgIpc) is 3.95. The number of para-hydroxylation sites is 2. The smallest absolute Gasteiger partial charge is 0.143 e. The zero-order chi connectivity index (χ0) is 48.4. The van der Waals surface area contributed by atoms with Gasteiger partial charge in [-0.2, -0.15) is 0 Å². The molecule has 0 aliphatic rings. The Hall–Kier alpha value is -7.88. The predicted molar refractivity (Wildman–Crippen MR) is 249 cm³/mol. The van der Waals surface area contributed by atoms with Crippen LogP contribution < -0.4 is 4.90 Å². The lowest BCUT2D eigenvalue weighted by molar-refractivity contribution is 0.672. The summed E-state index contributed by atoms with van der Waals surface area (Å²) in [6.07, 6.45) is 0. The Labute approximate surface area is 356 Å². The molecule has 276 valence electrons. The first-order valence-electron chi connectivity index (χ1n) is 24.8. The van der Waals surface area contributed by atoms with Gasteiger partial charge in [-0.05, 0) is 105 Å². The number of anilines is 3. The van der Waals surface area contributed by atoms with E-state index in [1.807, 2.05) is 115 Å². The molecule has 0 spiro atoms. The van der Waals surface area contributed by atoms with E-state index in [4.69, 9.17) is 14.0 Å². The van der Waals surface area contributed by atoms with Crippen molar-refractivity contribution in [3.05, 3.63) is 218 Å². The number of benzene rings is 10. The third-order valence-electron chi connectivity index (χ3n) is 11.1. The van der Waals surface area contributed by atoms with E-state index >= 15 is 0 Å². The van der Waals surface area contributed by atoms with Crippen LogP contribution in [0.2, 0.25) is 0 Å². The molecule has 2 heterocycles. The van der Waals surface area contributed by atoms with E-state index in [0.29, 0.717) is 27.9 Å². The molecule has 0 aliphatic heterocycles. The molecule has 59 heavy (non-hydrogen) atoms. The maximum absolute atomic E-state index is 9.89. The van der Waals surface area contributed by atoms with Gasteiger partial charge >= 0.3 is 0 Å². The molecule has 2 aromatic heterocycles. The molecule has 12 aromatic rings. The van der Waals surface area contributed by atoms with Crippen molar-refractivity contribution >= 4 is 82.4 Å². The number of furan rings is 1. The van der Waals surface area contributed by atoms with Gasteiger partial charge in [-0.15, -0.1) is 0 Å². The SMILES string of the molecule is [2H]c1c([2H])c(N(c2cccc(-c3cccc4c3c3ccccc3n4-c3ccccc3)c2)c2cccc3oc4c5ccccc5ccc4c23)c([2H])c([2H])c1-c1c([2H])c([2H])c([2H])c2c([2H])c([2H])c([2H])c([2H])c12. The number of aromatic nitrogens is 1. The van der Waals surface area contributed by atoms with Gasteiger partial charge in [0, 0.05) is 38.6 Å². The Bertz CT molecular complexity index is 4190. The molecule has 0 bridgehead atoms. The Morgan fingerprint density at radius 1 is 0.441 bits per heavy atom. The molecule has 10 aromatic carbocycles. The molecule has 3 nitrogen and oxygen atoms in total. The number of rotatable bonds is 6. The maximum atomic E-state index is 9.89.